The summed E-state index contributed by atoms with van der Waals surface area (Å²) in [5, 5.41) is 0. The number of alkyl halides is 6. The molecule has 1 aliphatic rings. The number of ether oxygens (including phenoxy) is 2. The van der Waals surface area contributed by atoms with Gasteiger partial charge in [0.1, 0.15) is 5.69 Å². The van der Waals surface area contributed by atoms with Crippen LogP contribution in [0.5, 0.6) is 5.75 Å². The van der Waals surface area contributed by atoms with Crippen molar-refractivity contribution in [3.63, 3.8) is 0 Å². The number of hydrogen-bond acceptors (Lipinski definition) is 6. The Morgan fingerprint density at radius 3 is 2.23 bits per heavy atom. The normalized spacial score (nSPS) is 14.3. The molecule has 13 heteroatoms. The Labute approximate surface area is 220 Å². The van der Waals surface area contributed by atoms with Gasteiger partial charge >= 0.3 is 18.4 Å². The Hall–Kier alpha value is -3.87. The number of amides is 1. The van der Waals surface area contributed by atoms with Crippen LogP contribution in [0.25, 0.3) is 11.3 Å². The van der Waals surface area contributed by atoms with Crippen molar-refractivity contribution >= 4 is 12.0 Å². The molecule has 1 aromatic heterocycles. The number of morpholine rings is 1. The van der Waals surface area contributed by atoms with Gasteiger partial charge in [-0.3, -0.25) is 0 Å². The first-order valence-corrected chi connectivity index (χ1v) is 11.8. The van der Waals surface area contributed by atoms with Crippen LogP contribution >= 0.6 is 0 Å². The molecule has 7 nitrogen and oxygen atoms in total. The Balaban J connectivity index is 1.61. The van der Waals surface area contributed by atoms with E-state index in [1.807, 2.05) is 24.0 Å². The number of carbonyl (C=O) groups is 1. The van der Waals surface area contributed by atoms with Gasteiger partial charge in [-0.25, -0.2) is 14.8 Å². The summed E-state index contributed by atoms with van der Waals surface area (Å²) in [6, 6.07) is 8.40. The summed E-state index contributed by atoms with van der Waals surface area (Å²) in [5.74, 6) is 0.381. The number of anilines is 1. The van der Waals surface area contributed by atoms with E-state index in [0.717, 1.165) is 10.5 Å². The standard InChI is InChI=1S/C26H24F6N4O3/c1-16-5-3-4-6-20(16)22-21(14-33-23(34-22)36-7-9-38-10-8-36)39-24(37)35(2)15-17-11-18(25(27,28)29)13-19(12-17)26(30,31)32/h3-6,11-14H,7-10,15H2,1-2H3. The molecule has 39 heavy (non-hydrogen) atoms. The predicted octanol–water partition coefficient (Wildman–Crippen LogP) is 5.96. The predicted molar refractivity (Wildman–Crippen MR) is 129 cm³/mol. The molecule has 1 fully saturated rings. The first-order chi connectivity index (χ1) is 18.3. The number of carbonyl (C=O) groups excluding carboxylic acids is 1. The number of hydrogen-bond donors (Lipinski definition) is 0. The topological polar surface area (TPSA) is 67.8 Å². The molecule has 3 aromatic rings. The van der Waals surface area contributed by atoms with Gasteiger partial charge in [0.15, 0.2) is 5.75 Å². The number of aryl methyl sites for hydroxylation is 1. The molecule has 0 radical (unpaired) electrons. The van der Waals surface area contributed by atoms with Crippen LogP contribution in [0.3, 0.4) is 0 Å². The smallest absolute Gasteiger partial charge is 0.406 e. The Morgan fingerprint density at radius 2 is 1.64 bits per heavy atom. The third-order valence-electron chi connectivity index (χ3n) is 6.01. The minimum atomic E-state index is -5.00. The summed E-state index contributed by atoms with van der Waals surface area (Å²) in [5.41, 5.74) is -1.50. The van der Waals surface area contributed by atoms with Crippen molar-refractivity contribution in [3.8, 4) is 17.0 Å². The maximum absolute atomic E-state index is 13.2. The van der Waals surface area contributed by atoms with E-state index < -0.39 is 36.1 Å². The minimum absolute atomic E-state index is 0.0156. The molecule has 0 saturated carbocycles. The third-order valence-corrected chi connectivity index (χ3v) is 6.01. The highest BCUT2D eigenvalue weighted by molar-refractivity contribution is 5.76. The van der Waals surface area contributed by atoms with Crippen LogP contribution < -0.4 is 9.64 Å². The van der Waals surface area contributed by atoms with Gasteiger partial charge in [0, 0.05) is 32.2 Å². The lowest BCUT2D eigenvalue weighted by Gasteiger charge is -2.27. The highest BCUT2D eigenvalue weighted by atomic mass is 19.4. The second-order valence-electron chi connectivity index (χ2n) is 8.94. The maximum Gasteiger partial charge on any atom is 0.416 e. The average molecular weight is 554 g/mol. The van der Waals surface area contributed by atoms with Crippen molar-refractivity contribution in [2.75, 3.05) is 38.3 Å². The van der Waals surface area contributed by atoms with Gasteiger partial charge in [-0.1, -0.05) is 24.3 Å². The zero-order valence-electron chi connectivity index (χ0n) is 20.9. The van der Waals surface area contributed by atoms with Gasteiger partial charge in [-0.05, 0) is 36.2 Å². The molecular weight excluding hydrogens is 530 g/mol. The van der Waals surface area contributed by atoms with E-state index in [9.17, 15) is 31.1 Å². The van der Waals surface area contributed by atoms with E-state index in [4.69, 9.17) is 9.47 Å². The molecule has 0 spiro atoms. The van der Waals surface area contributed by atoms with Crippen molar-refractivity contribution in [3.05, 3.63) is 70.9 Å². The molecule has 0 N–H and O–H groups in total. The quantitative estimate of drug-likeness (QED) is 0.363. The van der Waals surface area contributed by atoms with Crippen molar-refractivity contribution in [1.29, 1.82) is 0 Å². The van der Waals surface area contributed by atoms with Gasteiger partial charge in [-0.15, -0.1) is 0 Å². The zero-order valence-corrected chi connectivity index (χ0v) is 20.9. The van der Waals surface area contributed by atoms with Crippen molar-refractivity contribution in [1.82, 2.24) is 14.9 Å². The highest BCUT2D eigenvalue weighted by Gasteiger charge is 2.37. The lowest BCUT2D eigenvalue weighted by Crippen LogP contribution is -2.37. The zero-order chi connectivity index (χ0) is 28.4. The van der Waals surface area contributed by atoms with Gasteiger partial charge in [0.25, 0.3) is 0 Å². The SMILES string of the molecule is Cc1ccccc1-c1nc(N2CCOCC2)ncc1OC(=O)N(C)Cc1cc(C(F)(F)F)cc(C(F)(F)F)c1. The van der Waals surface area contributed by atoms with Crippen LogP contribution in [-0.2, 0) is 23.6 Å². The second kappa shape index (κ2) is 11.1. The van der Waals surface area contributed by atoms with E-state index in [0.29, 0.717) is 55.6 Å². The Morgan fingerprint density at radius 1 is 1.03 bits per heavy atom. The lowest BCUT2D eigenvalue weighted by atomic mass is 10.0. The molecule has 2 heterocycles. The Kier molecular flexibility index (Phi) is 8.00. The third kappa shape index (κ3) is 6.77. The first kappa shape index (κ1) is 28.1. The molecule has 0 aliphatic carbocycles. The van der Waals surface area contributed by atoms with Gasteiger partial charge < -0.3 is 19.3 Å². The van der Waals surface area contributed by atoms with Crippen LogP contribution in [0.1, 0.15) is 22.3 Å². The minimum Gasteiger partial charge on any atom is -0.406 e. The molecule has 1 amide bonds. The molecule has 208 valence electrons. The van der Waals surface area contributed by atoms with Crippen LogP contribution in [-0.4, -0.2) is 54.3 Å². The summed E-state index contributed by atoms with van der Waals surface area (Å²) in [6.07, 6.45) is -9.70. The van der Waals surface area contributed by atoms with Crippen molar-refractivity contribution < 1.29 is 40.6 Å². The number of halogens is 6. The molecule has 1 saturated heterocycles. The highest BCUT2D eigenvalue weighted by Crippen LogP contribution is 2.37. The summed E-state index contributed by atoms with van der Waals surface area (Å²) in [7, 11) is 1.20. The number of aromatic nitrogens is 2. The molecular formula is C26H24F6N4O3. The first-order valence-electron chi connectivity index (χ1n) is 11.8. The van der Waals surface area contributed by atoms with Crippen LogP contribution in [0, 0.1) is 6.92 Å². The number of rotatable bonds is 5. The summed E-state index contributed by atoms with van der Waals surface area (Å²) < 4.78 is 90.2. The largest absolute Gasteiger partial charge is 0.416 e. The summed E-state index contributed by atoms with van der Waals surface area (Å²) in [4.78, 5) is 24.6. The van der Waals surface area contributed by atoms with Gasteiger partial charge in [0.2, 0.25) is 5.95 Å². The van der Waals surface area contributed by atoms with E-state index in [2.05, 4.69) is 9.97 Å². The lowest BCUT2D eigenvalue weighted by molar-refractivity contribution is -0.143. The molecule has 2 aromatic carbocycles. The summed E-state index contributed by atoms with van der Waals surface area (Å²) >= 11 is 0. The van der Waals surface area contributed by atoms with Crippen molar-refractivity contribution in [2.24, 2.45) is 0 Å². The molecule has 0 atom stereocenters. The van der Waals surface area contributed by atoms with Crippen LogP contribution in [0.2, 0.25) is 0 Å². The van der Waals surface area contributed by atoms with Crippen molar-refractivity contribution in [2.45, 2.75) is 25.8 Å². The van der Waals surface area contributed by atoms with Crippen LogP contribution in [0.4, 0.5) is 37.1 Å². The number of benzene rings is 2. The maximum atomic E-state index is 13.2. The second-order valence-corrected chi connectivity index (χ2v) is 8.94. The monoisotopic (exact) mass is 554 g/mol. The van der Waals surface area contributed by atoms with E-state index in [1.54, 1.807) is 12.1 Å². The fraction of sp³-hybridized carbons (Fsp3) is 0.346. The number of nitrogens with zero attached hydrogens (tertiary/aromatic N) is 4. The fourth-order valence-corrected chi connectivity index (χ4v) is 4.00. The Bertz CT molecular complexity index is 1310. The molecule has 4 rings (SSSR count). The van der Waals surface area contributed by atoms with E-state index in [-0.39, 0.29) is 17.4 Å². The van der Waals surface area contributed by atoms with Crippen LogP contribution in [0.15, 0.2) is 48.7 Å². The molecule has 0 bridgehead atoms. The van der Waals surface area contributed by atoms with E-state index >= 15 is 0 Å². The fourth-order valence-electron chi connectivity index (χ4n) is 4.00. The molecule has 1 aliphatic heterocycles. The van der Waals surface area contributed by atoms with E-state index in [1.165, 1.54) is 13.2 Å². The van der Waals surface area contributed by atoms with Gasteiger partial charge in [-0.2, -0.15) is 26.3 Å². The van der Waals surface area contributed by atoms with Gasteiger partial charge in [0.05, 0.1) is 30.5 Å². The average Bonchev–Trinajstić information content (AvgIpc) is 2.88. The molecule has 0 unspecified atom stereocenters. The summed E-state index contributed by atoms with van der Waals surface area (Å²) in [6.45, 7) is 3.39.